The largest absolute Gasteiger partial charge is 0.472 e. The molecule has 3 unspecified atom stereocenters. The molecule has 95 heavy (non-hydrogen) atoms. The fraction of sp³-hybridized carbons (Fsp3) is 0.947. The van der Waals surface area contributed by atoms with Gasteiger partial charge in [-0.15, -0.1) is 0 Å². The summed E-state index contributed by atoms with van der Waals surface area (Å²) in [6.07, 6.45) is 52.8. The van der Waals surface area contributed by atoms with Gasteiger partial charge in [0.15, 0.2) is 12.2 Å². The standard InChI is InChI=1S/C76H148O17P2/c1-8-10-11-12-13-14-15-16-17-18-19-20-21-22-25-31-36-45-52-59-75(80)92-71(63-86-73(78)57-50-43-35-30-26-23-24-28-33-40-47-54-67(3)4)65-90-94(82,83)88-61-70(77)62-89-95(84,85)91-66-72(64-87-74(79)58-51-44-39-38-42-49-56-69(7)9-2)93-76(81)60-53-46-37-32-27-29-34-41-48-55-68(5)6/h67-72,77H,8-66H2,1-7H3,(H,82,83)(H,84,85)/t69?,70-,71-,72-/m1/s1. The Morgan fingerprint density at radius 3 is 0.800 bits per heavy atom. The Morgan fingerprint density at radius 2 is 0.537 bits per heavy atom. The third kappa shape index (κ3) is 69.0. The molecule has 0 fully saturated rings. The molecule has 0 heterocycles. The van der Waals surface area contributed by atoms with E-state index >= 15 is 0 Å². The average molecular weight is 1400 g/mol. The number of hydrogen-bond acceptors (Lipinski definition) is 15. The first-order chi connectivity index (χ1) is 45.8. The molecule has 0 spiro atoms. The van der Waals surface area contributed by atoms with Crippen LogP contribution in [0.25, 0.3) is 0 Å². The average Bonchev–Trinajstić information content (AvgIpc) is 3.17. The maximum atomic E-state index is 13.1. The van der Waals surface area contributed by atoms with Gasteiger partial charge in [0.2, 0.25) is 0 Å². The smallest absolute Gasteiger partial charge is 0.462 e. The van der Waals surface area contributed by atoms with Crippen LogP contribution in [0.4, 0.5) is 0 Å². The first-order valence-corrected chi connectivity index (χ1v) is 42.4. The number of aliphatic hydroxyl groups excluding tert-OH is 1. The molecule has 0 aliphatic heterocycles. The Labute approximate surface area is 581 Å². The molecule has 17 nitrogen and oxygen atoms in total. The Hall–Kier alpha value is -1.94. The molecule has 564 valence electrons. The number of unbranched alkanes of at least 4 members (excludes halogenated alkanes) is 41. The van der Waals surface area contributed by atoms with Crippen LogP contribution < -0.4 is 0 Å². The third-order valence-electron chi connectivity index (χ3n) is 18.0. The molecule has 0 saturated heterocycles. The van der Waals surface area contributed by atoms with Crippen LogP contribution in [-0.4, -0.2) is 96.7 Å². The minimum absolute atomic E-state index is 0.104. The zero-order valence-electron chi connectivity index (χ0n) is 62.1. The molecule has 0 saturated carbocycles. The lowest BCUT2D eigenvalue weighted by Crippen LogP contribution is -2.30. The highest BCUT2D eigenvalue weighted by Crippen LogP contribution is 2.45. The van der Waals surface area contributed by atoms with E-state index in [0.717, 1.165) is 114 Å². The van der Waals surface area contributed by atoms with E-state index < -0.39 is 97.5 Å². The summed E-state index contributed by atoms with van der Waals surface area (Å²) in [5.41, 5.74) is 0. The van der Waals surface area contributed by atoms with Crippen molar-refractivity contribution in [3.05, 3.63) is 0 Å². The molecule has 6 atom stereocenters. The molecule has 0 aromatic carbocycles. The lowest BCUT2D eigenvalue weighted by Gasteiger charge is -2.21. The van der Waals surface area contributed by atoms with Crippen molar-refractivity contribution in [2.45, 2.75) is 407 Å². The SMILES string of the molecule is CCCCCCCCCCCCCCCCCCCCCC(=O)O[C@H](COC(=O)CCCCCCCCCCCCCC(C)C)COP(=O)(O)OC[C@@H](O)COP(=O)(O)OC[C@@H](COC(=O)CCCCCCCCC(C)CC)OC(=O)CCCCCCCCCCCC(C)C. The molecule has 0 bridgehead atoms. The molecule has 0 aliphatic carbocycles. The van der Waals surface area contributed by atoms with E-state index in [9.17, 15) is 43.2 Å². The summed E-state index contributed by atoms with van der Waals surface area (Å²) in [6, 6.07) is 0. The Kier molecular flexibility index (Phi) is 65.2. The van der Waals surface area contributed by atoms with Gasteiger partial charge in [-0.3, -0.25) is 37.3 Å². The summed E-state index contributed by atoms with van der Waals surface area (Å²) in [7, 11) is -9.91. The van der Waals surface area contributed by atoms with Crippen LogP contribution in [0.15, 0.2) is 0 Å². The first kappa shape index (κ1) is 93.1. The third-order valence-corrected chi connectivity index (χ3v) is 19.9. The number of aliphatic hydroxyl groups is 1. The van der Waals surface area contributed by atoms with Crippen molar-refractivity contribution in [1.29, 1.82) is 0 Å². The van der Waals surface area contributed by atoms with Crippen LogP contribution in [0, 0.1) is 17.8 Å². The van der Waals surface area contributed by atoms with Gasteiger partial charge in [0, 0.05) is 25.7 Å². The van der Waals surface area contributed by atoms with Crippen molar-refractivity contribution in [3.8, 4) is 0 Å². The number of rotatable bonds is 74. The van der Waals surface area contributed by atoms with Gasteiger partial charge in [-0.25, -0.2) is 9.13 Å². The van der Waals surface area contributed by atoms with Crippen LogP contribution in [0.5, 0.6) is 0 Å². The van der Waals surface area contributed by atoms with Crippen molar-refractivity contribution in [1.82, 2.24) is 0 Å². The van der Waals surface area contributed by atoms with Crippen LogP contribution >= 0.6 is 15.6 Å². The maximum absolute atomic E-state index is 13.1. The molecule has 0 radical (unpaired) electrons. The number of phosphoric acid groups is 2. The molecule has 0 rings (SSSR count). The minimum Gasteiger partial charge on any atom is -0.462 e. The fourth-order valence-corrected chi connectivity index (χ4v) is 13.1. The van der Waals surface area contributed by atoms with Crippen molar-refractivity contribution < 1.29 is 80.2 Å². The highest BCUT2D eigenvalue weighted by atomic mass is 31.2. The van der Waals surface area contributed by atoms with Crippen LogP contribution in [0.1, 0.15) is 389 Å². The topological polar surface area (TPSA) is 237 Å². The zero-order chi connectivity index (χ0) is 70.1. The number of hydrogen-bond donors (Lipinski definition) is 3. The summed E-state index contributed by atoms with van der Waals surface area (Å²) in [5, 5.41) is 10.6. The molecule has 0 aromatic heterocycles. The van der Waals surface area contributed by atoms with E-state index in [-0.39, 0.29) is 25.7 Å². The van der Waals surface area contributed by atoms with E-state index in [2.05, 4.69) is 48.5 Å². The maximum Gasteiger partial charge on any atom is 0.472 e. The van der Waals surface area contributed by atoms with E-state index in [1.54, 1.807) is 0 Å². The number of ether oxygens (including phenoxy) is 4. The van der Waals surface area contributed by atoms with Crippen LogP contribution in [-0.2, 0) is 65.4 Å². The Bertz CT molecular complexity index is 1850. The highest BCUT2D eigenvalue weighted by molar-refractivity contribution is 7.47. The van der Waals surface area contributed by atoms with Gasteiger partial charge in [-0.1, -0.05) is 337 Å². The second-order valence-electron chi connectivity index (χ2n) is 28.6. The van der Waals surface area contributed by atoms with Crippen molar-refractivity contribution in [2.24, 2.45) is 17.8 Å². The van der Waals surface area contributed by atoms with Gasteiger partial charge in [0.05, 0.1) is 26.4 Å². The first-order valence-electron chi connectivity index (χ1n) is 39.4. The predicted octanol–water partition coefficient (Wildman–Crippen LogP) is 22.2. The summed E-state index contributed by atoms with van der Waals surface area (Å²) in [5.74, 6) is 0.118. The quantitative estimate of drug-likeness (QED) is 0.0222. The van der Waals surface area contributed by atoms with E-state index in [0.29, 0.717) is 25.7 Å². The van der Waals surface area contributed by atoms with Gasteiger partial charge < -0.3 is 33.8 Å². The summed E-state index contributed by atoms with van der Waals surface area (Å²) >= 11 is 0. The minimum atomic E-state index is -4.96. The Morgan fingerprint density at radius 1 is 0.305 bits per heavy atom. The number of carbonyl (C=O) groups is 4. The number of phosphoric ester groups is 2. The monoisotopic (exact) mass is 1400 g/mol. The van der Waals surface area contributed by atoms with E-state index in [1.807, 2.05) is 0 Å². The van der Waals surface area contributed by atoms with E-state index in [4.69, 9.17) is 37.0 Å². The summed E-state index contributed by atoms with van der Waals surface area (Å²) in [6.45, 7) is 11.8. The molecule has 0 aliphatic rings. The predicted molar refractivity (Wildman–Crippen MR) is 386 cm³/mol. The van der Waals surface area contributed by atoms with Gasteiger partial charge in [0.1, 0.15) is 19.3 Å². The molecular weight excluding hydrogens is 1250 g/mol. The van der Waals surface area contributed by atoms with Crippen molar-refractivity contribution in [2.75, 3.05) is 39.6 Å². The van der Waals surface area contributed by atoms with Crippen molar-refractivity contribution in [3.63, 3.8) is 0 Å². The molecule has 0 amide bonds. The van der Waals surface area contributed by atoms with Crippen LogP contribution in [0.3, 0.4) is 0 Å². The number of carbonyl (C=O) groups excluding carboxylic acids is 4. The zero-order valence-corrected chi connectivity index (χ0v) is 63.9. The lowest BCUT2D eigenvalue weighted by atomic mass is 10.00. The molecular formula is C76H148O17P2. The molecule has 19 heteroatoms. The second-order valence-corrected chi connectivity index (χ2v) is 31.5. The highest BCUT2D eigenvalue weighted by Gasteiger charge is 2.30. The van der Waals surface area contributed by atoms with Gasteiger partial charge in [-0.2, -0.15) is 0 Å². The summed E-state index contributed by atoms with van der Waals surface area (Å²) in [4.78, 5) is 72.8. The van der Waals surface area contributed by atoms with Crippen molar-refractivity contribution >= 4 is 39.5 Å². The van der Waals surface area contributed by atoms with E-state index in [1.165, 1.54) is 193 Å². The molecule has 3 N–H and O–H groups in total. The van der Waals surface area contributed by atoms with Gasteiger partial charge in [0.25, 0.3) is 0 Å². The van der Waals surface area contributed by atoms with Gasteiger partial charge >= 0.3 is 39.5 Å². The van der Waals surface area contributed by atoms with Crippen LogP contribution in [0.2, 0.25) is 0 Å². The lowest BCUT2D eigenvalue weighted by molar-refractivity contribution is -0.161. The number of esters is 4. The molecule has 0 aromatic rings. The second kappa shape index (κ2) is 66.6. The normalized spacial score (nSPS) is 14.4. The van der Waals surface area contributed by atoms with Gasteiger partial charge in [-0.05, 0) is 43.4 Å². The Balaban J connectivity index is 5.24. The fourth-order valence-electron chi connectivity index (χ4n) is 11.6. The summed E-state index contributed by atoms with van der Waals surface area (Å²) < 4.78 is 68.5.